The molecule has 1 amide bonds. The second kappa shape index (κ2) is 6.38. The van der Waals surface area contributed by atoms with Crippen LogP contribution in [0, 0.1) is 0 Å². The van der Waals surface area contributed by atoms with E-state index in [1.807, 2.05) is 12.1 Å². The SMILES string of the molecule is CN(Cc1ccc(Br)o1)C(=O)CCNC(C)(C)C. The lowest BCUT2D eigenvalue weighted by molar-refractivity contribution is -0.130. The summed E-state index contributed by atoms with van der Waals surface area (Å²) in [5, 5.41) is 3.30. The van der Waals surface area contributed by atoms with E-state index in [1.54, 1.807) is 11.9 Å². The van der Waals surface area contributed by atoms with Crippen molar-refractivity contribution in [2.24, 2.45) is 0 Å². The van der Waals surface area contributed by atoms with Crippen LogP contribution in [-0.4, -0.2) is 29.9 Å². The summed E-state index contributed by atoms with van der Waals surface area (Å²) in [5.41, 5.74) is 0.0464. The highest BCUT2D eigenvalue weighted by molar-refractivity contribution is 9.10. The molecule has 1 rings (SSSR count). The van der Waals surface area contributed by atoms with Gasteiger partial charge in [-0.1, -0.05) is 0 Å². The van der Waals surface area contributed by atoms with Gasteiger partial charge in [0.15, 0.2) is 4.67 Å². The maximum atomic E-state index is 11.9. The fourth-order valence-electron chi connectivity index (χ4n) is 1.49. The predicted octanol–water partition coefficient (Wildman–Crippen LogP) is 2.78. The van der Waals surface area contributed by atoms with Crippen LogP contribution in [0.1, 0.15) is 33.0 Å². The zero-order chi connectivity index (χ0) is 13.8. The van der Waals surface area contributed by atoms with E-state index in [0.717, 1.165) is 5.76 Å². The molecule has 1 aromatic heterocycles. The number of halogens is 1. The van der Waals surface area contributed by atoms with E-state index in [9.17, 15) is 4.79 Å². The number of rotatable bonds is 5. The molecule has 1 N–H and O–H groups in total. The monoisotopic (exact) mass is 316 g/mol. The Labute approximate surface area is 117 Å². The standard InChI is InChI=1S/C13H21BrN2O2/c1-13(2,3)15-8-7-12(17)16(4)9-10-5-6-11(14)18-10/h5-6,15H,7-9H2,1-4H3. The molecule has 0 radical (unpaired) electrons. The number of nitrogens with one attached hydrogen (secondary N) is 1. The summed E-state index contributed by atoms with van der Waals surface area (Å²) in [4.78, 5) is 13.5. The second-order valence-electron chi connectivity index (χ2n) is 5.38. The van der Waals surface area contributed by atoms with Gasteiger partial charge in [-0.2, -0.15) is 0 Å². The summed E-state index contributed by atoms with van der Waals surface area (Å²) in [6.07, 6.45) is 0.496. The van der Waals surface area contributed by atoms with E-state index in [0.29, 0.717) is 24.2 Å². The fourth-order valence-corrected chi connectivity index (χ4v) is 1.83. The third kappa shape index (κ3) is 5.69. The van der Waals surface area contributed by atoms with Gasteiger partial charge in [-0.25, -0.2) is 0 Å². The lowest BCUT2D eigenvalue weighted by Gasteiger charge is -2.21. The number of hydrogen-bond acceptors (Lipinski definition) is 3. The molecule has 0 saturated carbocycles. The van der Waals surface area contributed by atoms with E-state index in [2.05, 4.69) is 42.0 Å². The third-order valence-electron chi connectivity index (χ3n) is 2.44. The molecule has 0 aliphatic heterocycles. The summed E-state index contributed by atoms with van der Waals surface area (Å²) in [6.45, 7) is 7.44. The van der Waals surface area contributed by atoms with Crippen LogP contribution in [0.5, 0.6) is 0 Å². The zero-order valence-electron chi connectivity index (χ0n) is 11.4. The minimum atomic E-state index is 0.0464. The third-order valence-corrected chi connectivity index (χ3v) is 2.87. The van der Waals surface area contributed by atoms with Crippen LogP contribution in [-0.2, 0) is 11.3 Å². The molecule has 0 fully saturated rings. The smallest absolute Gasteiger partial charge is 0.223 e. The minimum Gasteiger partial charge on any atom is -0.452 e. The molecule has 0 saturated heterocycles. The van der Waals surface area contributed by atoms with Crippen molar-refractivity contribution < 1.29 is 9.21 Å². The van der Waals surface area contributed by atoms with Crippen molar-refractivity contribution in [3.63, 3.8) is 0 Å². The first-order valence-electron chi connectivity index (χ1n) is 6.01. The molecule has 0 aromatic carbocycles. The molecule has 102 valence electrons. The van der Waals surface area contributed by atoms with Gasteiger partial charge in [0.1, 0.15) is 5.76 Å². The van der Waals surface area contributed by atoms with E-state index >= 15 is 0 Å². The van der Waals surface area contributed by atoms with Gasteiger partial charge in [0.25, 0.3) is 0 Å². The normalized spacial score (nSPS) is 11.6. The van der Waals surface area contributed by atoms with Crippen LogP contribution in [0.3, 0.4) is 0 Å². The molecule has 0 atom stereocenters. The fraction of sp³-hybridized carbons (Fsp3) is 0.615. The van der Waals surface area contributed by atoms with Gasteiger partial charge < -0.3 is 14.6 Å². The van der Waals surface area contributed by atoms with Gasteiger partial charge in [-0.15, -0.1) is 0 Å². The lowest BCUT2D eigenvalue weighted by atomic mass is 10.1. The largest absolute Gasteiger partial charge is 0.452 e. The maximum Gasteiger partial charge on any atom is 0.223 e. The van der Waals surface area contributed by atoms with E-state index in [1.165, 1.54) is 0 Å². The van der Waals surface area contributed by atoms with Crippen LogP contribution >= 0.6 is 15.9 Å². The Morgan fingerprint density at radius 2 is 2.11 bits per heavy atom. The number of furan rings is 1. The summed E-state index contributed by atoms with van der Waals surface area (Å²) in [6, 6.07) is 3.69. The van der Waals surface area contributed by atoms with Crippen molar-refractivity contribution in [1.82, 2.24) is 10.2 Å². The predicted molar refractivity (Wildman–Crippen MR) is 75.3 cm³/mol. The average Bonchev–Trinajstić information content (AvgIpc) is 2.61. The minimum absolute atomic E-state index is 0.0464. The zero-order valence-corrected chi connectivity index (χ0v) is 13.0. The molecular weight excluding hydrogens is 296 g/mol. The van der Waals surface area contributed by atoms with E-state index in [-0.39, 0.29) is 11.4 Å². The van der Waals surface area contributed by atoms with Crippen molar-refractivity contribution in [3.05, 3.63) is 22.6 Å². The Balaban J connectivity index is 2.33. The van der Waals surface area contributed by atoms with Crippen LogP contribution in [0.2, 0.25) is 0 Å². The van der Waals surface area contributed by atoms with Crippen LogP contribution in [0.25, 0.3) is 0 Å². The molecule has 5 heteroatoms. The van der Waals surface area contributed by atoms with Gasteiger partial charge in [-0.05, 0) is 48.8 Å². The molecule has 18 heavy (non-hydrogen) atoms. The average molecular weight is 317 g/mol. The van der Waals surface area contributed by atoms with Crippen LogP contribution in [0.15, 0.2) is 21.2 Å². The Kier molecular flexibility index (Phi) is 5.41. The lowest BCUT2D eigenvalue weighted by Crippen LogP contribution is -2.38. The van der Waals surface area contributed by atoms with Crippen LogP contribution < -0.4 is 5.32 Å². The molecule has 1 aromatic rings. The Hall–Kier alpha value is -0.810. The van der Waals surface area contributed by atoms with E-state index in [4.69, 9.17) is 4.42 Å². The quantitative estimate of drug-likeness (QED) is 0.908. The van der Waals surface area contributed by atoms with Crippen molar-refractivity contribution in [2.45, 2.75) is 39.3 Å². The molecule has 0 spiro atoms. The summed E-state index contributed by atoms with van der Waals surface area (Å²) in [5.74, 6) is 0.890. The Morgan fingerprint density at radius 1 is 1.44 bits per heavy atom. The number of nitrogens with zero attached hydrogens (tertiary/aromatic N) is 1. The van der Waals surface area contributed by atoms with Crippen LogP contribution in [0.4, 0.5) is 0 Å². The van der Waals surface area contributed by atoms with Gasteiger partial charge in [0, 0.05) is 25.6 Å². The first-order chi connectivity index (χ1) is 8.28. The summed E-state index contributed by atoms with van der Waals surface area (Å²) in [7, 11) is 1.79. The van der Waals surface area contributed by atoms with Gasteiger partial charge in [-0.3, -0.25) is 4.79 Å². The van der Waals surface area contributed by atoms with Crippen molar-refractivity contribution in [2.75, 3.05) is 13.6 Å². The topological polar surface area (TPSA) is 45.5 Å². The summed E-state index contributed by atoms with van der Waals surface area (Å²) >= 11 is 3.24. The molecule has 0 bridgehead atoms. The summed E-state index contributed by atoms with van der Waals surface area (Å²) < 4.78 is 6.06. The highest BCUT2D eigenvalue weighted by Gasteiger charge is 2.13. The Bertz CT molecular complexity index is 396. The molecule has 1 heterocycles. The first-order valence-corrected chi connectivity index (χ1v) is 6.80. The van der Waals surface area contributed by atoms with Gasteiger partial charge in [0.2, 0.25) is 5.91 Å². The number of hydrogen-bond donors (Lipinski definition) is 1. The molecular formula is C13H21BrN2O2. The highest BCUT2D eigenvalue weighted by Crippen LogP contribution is 2.15. The molecule has 0 unspecified atom stereocenters. The highest BCUT2D eigenvalue weighted by atomic mass is 79.9. The van der Waals surface area contributed by atoms with Crippen molar-refractivity contribution in [1.29, 1.82) is 0 Å². The maximum absolute atomic E-state index is 11.9. The number of carbonyl (C=O) groups is 1. The number of carbonyl (C=O) groups excluding carboxylic acids is 1. The van der Waals surface area contributed by atoms with Crippen molar-refractivity contribution in [3.8, 4) is 0 Å². The molecule has 0 aliphatic rings. The van der Waals surface area contributed by atoms with Gasteiger partial charge >= 0.3 is 0 Å². The van der Waals surface area contributed by atoms with Crippen molar-refractivity contribution >= 4 is 21.8 Å². The Morgan fingerprint density at radius 3 is 2.61 bits per heavy atom. The first kappa shape index (κ1) is 15.2. The molecule has 0 aliphatic carbocycles. The van der Waals surface area contributed by atoms with E-state index < -0.39 is 0 Å². The van der Waals surface area contributed by atoms with Gasteiger partial charge in [0.05, 0.1) is 6.54 Å². The molecule has 4 nitrogen and oxygen atoms in total. The second-order valence-corrected chi connectivity index (χ2v) is 6.16. The number of amides is 1.